The van der Waals surface area contributed by atoms with E-state index in [9.17, 15) is 9.59 Å². The number of anilines is 1. The summed E-state index contributed by atoms with van der Waals surface area (Å²) >= 11 is 1.38. The quantitative estimate of drug-likeness (QED) is 0.415. The van der Waals surface area contributed by atoms with Crippen LogP contribution in [0.3, 0.4) is 0 Å². The number of hydrogen-bond acceptors (Lipinski definition) is 8. The van der Waals surface area contributed by atoms with Gasteiger partial charge in [-0.2, -0.15) is 0 Å². The highest BCUT2D eigenvalue weighted by atomic mass is 32.1. The Hall–Kier alpha value is -3.85. The molecule has 2 heterocycles. The molecule has 0 saturated heterocycles. The van der Waals surface area contributed by atoms with Crippen molar-refractivity contribution < 1.29 is 28.2 Å². The average molecular weight is 452 g/mol. The molecule has 0 spiro atoms. The molecule has 0 atom stereocenters. The third kappa shape index (κ3) is 3.67. The number of benzene rings is 2. The van der Waals surface area contributed by atoms with Gasteiger partial charge in [-0.1, -0.05) is 18.2 Å². The van der Waals surface area contributed by atoms with E-state index in [0.29, 0.717) is 27.8 Å². The lowest BCUT2D eigenvalue weighted by atomic mass is 10.1. The number of rotatable bonds is 6. The van der Waals surface area contributed by atoms with Gasteiger partial charge < -0.3 is 18.6 Å². The molecule has 2 aromatic heterocycles. The maximum absolute atomic E-state index is 13.2. The Balaban J connectivity index is 1.85. The zero-order valence-corrected chi connectivity index (χ0v) is 18.7. The smallest absolute Gasteiger partial charge is 0.342 e. The lowest BCUT2D eigenvalue weighted by Gasteiger charge is -2.12. The first-order valence-corrected chi connectivity index (χ1v) is 10.4. The van der Waals surface area contributed by atoms with E-state index in [0.717, 1.165) is 10.2 Å². The van der Waals surface area contributed by atoms with Gasteiger partial charge in [0.15, 0.2) is 0 Å². The molecule has 0 radical (unpaired) electrons. The van der Waals surface area contributed by atoms with E-state index in [1.807, 2.05) is 24.3 Å². The van der Waals surface area contributed by atoms with Gasteiger partial charge in [0.05, 0.1) is 37.1 Å². The lowest BCUT2D eigenvalue weighted by molar-refractivity contribution is 0.0599. The number of aromatic nitrogens is 1. The number of nitrogens with zero attached hydrogens (tertiary/aromatic N) is 1. The van der Waals surface area contributed by atoms with Gasteiger partial charge in [0.1, 0.15) is 33.4 Å². The van der Waals surface area contributed by atoms with Gasteiger partial charge in [0.25, 0.3) is 5.91 Å². The Kier molecular flexibility index (Phi) is 5.83. The Labute approximate surface area is 187 Å². The Bertz CT molecular complexity index is 1270. The Morgan fingerprint density at radius 3 is 2.28 bits per heavy atom. The van der Waals surface area contributed by atoms with Gasteiger partial charge in [-0.05, 0) is 31.2 Å². The monoisotopic (exact) mass is 452 g/mol. The van der Waals surface area contributed by atoms with Crippen molar-refractivity contribution in [2.75, 3.05) is 26.6 Å². The van der Waals surface area contributed by atoms with Crippen LogP contribution in [0.1, 0.15) is 26.5 Å². The van der Waals surface area contributed by atoms with Gasteiger partial charge in [0, 0.05) is 0 Å². The van der Waals surface area contributed by atoms with Gasteiger partial charge in [0.2, 0.25) is 5.88 Å². The number of nitrogens with one attached hydrogen (secondary N) is 1. The number of amides is 1. The van der Waals surface area contributed by atoms with Crippen LogP contribution in [-0.2, 0) is 4.74 Å². The standard InChI is InChI=1S/C23H20N2O6S/c1-12-17(23(27)30-4)19(22-24-13-8-5-6-11-16(13)32-22)21(31-12)25-20(26)18-14(28-2)9-7-10-15(18)29-3/h5-11H,1-4H3,(H,25,26). The number of thiazole rings is 1. The summed E-state index contributed by atoms with van der Waals surface area (Å²) in [6.07, 6.45) is 0. The molecule has 1 N–H and O–H groups in total. The average Bonchev–Trinajstić information content (AvgIpc) is 3.37. The molecule has 8 nitrogen and oxygen atoms in total. The molecule has 1 amide bonds. The number of fused-ring (bicyclic) bond motifs is 1. The van der Waals surface area contributed by atoms with E-state index in [4.69, 9.17) is 18.6 Å². The van der Waals surface area contributed by atoms with E-state index in [-0.39, 0.29) is 17.0 Å². The summed E-state index contributed by atoms with van der Waals surface area (Å²) in [4.78, 5) is 30.4. The SMILES string of the molecule is COC(=O)c1c(C)oc(NC(=O)c2c(OC)cccc2OC)c1-c1nc2ccccc2s1. The van der Waals surface area contributed by atoms with Crippen LogP contribution in [-0.4, -0.2) is 38.2 Å². The molecule has 0 saturated carbocycles. The molecule has 9 heteroatoms. The van der Waals surface area contributed by atoms with Gasteiger partial charge in [-0.15, -0.1) is 11.3 Å². The zero-order chi connectivity index (χ0) is 22.8. The summed E-state index contributed by atoms with van der Waals surface area (Å²) < 4.78 is 22.4. The van der Waals surface area contributed by atoms with E-state index in [2.05, 4.69) is 10.3 Å². The van der Waals surface area contributed by atoms with Crippen LogP contribution >= 0.6 is 11.3 Å². The largest absolute Gasteiger partial charge is 0.496 e. The summed E-state index contributed by atoms with van der Waals surface area (Å²) in [5.74, 6) is -0.0595. The van der Waals surface area contributed by atoms with Crippen molar-refractivity contribution in [3.63, 3.8) is 0 Å². The number of carbonyl (C=O) groups excluding carboxylic acids is 2. The fourth-order valence-electron chi connectivity index (χ4n) is 3.40. The first-order valence-electron chi connectivity index (χ1n) is 9.58. The number of ether oxygens (including phenoxy) is 3. The molecular formula is C23H20N2O6S. The van der Waals surface area contributed by atoms with Crippen LogP contribution in [0.2, 0.25) is 0 Å². The van der Waals surface area contributed by atoms with Gasteiger partial charge >= 0.3 is 5.97 Å². The molecule has 0 aliphatic carbocycles. The minimum absolute atomic E-state index is 0.0833. The molecule has 32 heavy (non-hydrogen) atoms. The number of carbonyl (C=O) groups is 2. The van der Waals surface area contributed by atoms with Crippen molar-refractivity contribution in [2.24, 2.45) is 0 Å². The van der Waals surface area contributed by atoms with E-state index < -0.39 is 11.9 Å². The highest BCUT2D eigenvalue weighted by Crippen LogP contribution is 2.41. The van der Waals surface area contributed by atoms with Crippen molar-refractivity contribution >= 4 is 39.3 Å². The van der Waals surface area contributed by atoms with Crippen LogP contribution in [0.25, 0.3) is 20.8 Å². The zero-order valence-electron chi connectivity index (χ0n) is 17.8. The number of para-hydroxylation sites is 1. The molecule has 4 aromatic rings. The first-order chi connectivity index (χ1) is 15.5. The second-order valence-electron chi connectivity index (χ2n) is 6.71. The van der Waals surface area contributed by atoms with Crippen molar-refractivity contribution in [2.45, 2.75) is 6.92 Å². The fraction of sp³-hybridized carbons (Fsp3) is 0.174. The number of esters is 1. The van der Waals surface area contributed by atoms with E-state index in [1.165, 1.54) is 32.7 Å². The predicted octanol–water partition coefficient (Wildman–Crippen LogP) is 4.92. The van der Waals surface area contributed by atoms with E-state index >= 15 is 0 Å². The second kappa shape index (κ2) is 8.72. The van der Waals surface area contributed by atoms with Crippen molar-refractivity contribution in [1.29, 1.82) is 0 Å². The molecule has 2 aromatic carbocycles. The minimum Gasteiger partial charge on any atom is -0.496 e. The topological polar surface area (TPSA) is 99.9 Å². The van der Waals surface area contributed by atoms with Crippen LogP contribution in [0.5, 0.6) is 11.5 Å². The van der Waals surface area contributed by atoms with Crippen LogP contribution in [0, 0.1) is 6.92 Å². The number of hydrogen-bond donors (Lipinski definition) is 1. The third-order valence-electron chi connectivity index (χ3n) is 4.86. The normalized spacial score (nSPS) is 10.8. The van der Waals surface area contributed by atoms with Crippen molar-refractivity contribution in [1.82, 2.24) is 4.98 Å². The fourth-order valence-corrected chi connectivity index (χ4v) is 4.42. The van der Waals surface area contributed by atoms with E-state index in [1.54, 1.807) is 25.1 Å². The summed E-state index contributed by atoms with van der Waals surface area (Å²) in [5.41, 5.74) is 1.53. The van der Waals surface area contributed by atoms with Crippen molar-refractivity contribution in [3.05, 3.63) is 59.4 Å². The summed E-state index contributed by atoms with van der Waals surface area (Å²) in [6, 6.07) is 12.6. The lowest BCUT2D eigenvalue weighted by Crippen LogP contribution is -2.15. The highest BCUT2D eigenvalue weighted by Gasteiger charge is 2.30. The summed E-state index contributed by atoms with van der Waals surface area (Å²) in [5, 5.41) is 3.27. The van der Waals surface area contributed by atoms with Gasteiger partial charge in [-0.3, -0.25) is 10.1 Å². The summed E-state index contributed by atoms with van der Waals surface area (Å²) in [6.45, 7) is 1.63. The maximum atomic E-state index is 13.2. The maximum Gasteiger partial charge on any atom is 0.342 e. The molecule has 0 aliphatic rings. The molecule has 0 aliphatic heterocycles. The van der Waals surface area contributed by atoms with Gasteiger partial charge in [-0.25, -0.2) is 9.78 Å². The molecule has 4 rings (SSSR count). The van der Waals surface area contributed by atoms with Crippen LogP contribution in [0.4, 0.5) is 5.88 Å². The minimum atomic E-state index is -0.587. The van der Waals surface area contributed by atoms with Crippen LogP contribution in [0.15, 0.2) is 46.9 Å². The molecule has 164 valence electrons. The van der Waals surface area contributed by atoms with Crippen LogP contribution < -0.4 is 14.8 Å². The van der Waals surface area contributed by atoms with Crippen molar-refractivity contribution in [3.8, 4) is 22.1 Å². The number of methoxy groups -OCH3 is 3. The first kappa shape index (κ1) is 21.4. The predicted molar refractivity (Wildman–Crippen MR) is 121 cm³/mol. The molecule has 0 bridgehead atoms. The molecule has 0 unspecified atom stereocenters. The second-order valence-corrected chi connectivity index (χ2v) is 7.74. The number of aryl methyl sites for hydroxylation is 1. The molecule has 0 fully saturated rings. The third-order valence-corrected chi connectivity index (χ3v) is 5.92. The highest BCUT2D eigenvalue weighted by molar-refractivity contribution is 7.21. The summed E-state index contributed by atoms with van der Waals surface area (Å²) in [7, 11) is 4.21. The molecular weight excluding hydrogens is 432 g/mol. The Morgan fingerprint density at radius 1 is 0.969 bits per heavy atom. The number of furan rings is 1. The Morgan fingerprint density at radius 2 is 1.66 bits per heavy atom.